The molecule has 0 amide bonds. The van der Waals surface area contributed by atoms with Gasteiger partial charge in [-0.2, -0.15) is 4.31 Å². The number of hydrogen-bond acceptors (Lipinski definition) is 6. The molecule has 1 fully saturated rings. The van der Waals surface area contributed by atoms with E-state index in [2.05, 4.69) is 0 Å². The molecule has 8 nitrogen and oxygen atoms in total. The minimum atomic E-state index is -3.78. The topological polar surface area (TPSA) is 99.0 Å². The number of rotatable bonds is 6. The fourth-order valence-corrected chi connectivity index (χ4v) is 4.98. The fourth-order valence-electron chi connectivity index (χ4n) is 3.30. The van der Waals surface area contributed by atoms with Gasteiger partial charge in [-0.05, 0) is 42.7 Å². The minimum Gasteiger partial charge on any atom is -0.493 e. The Kier molecular flexibility index (Phi) is 5.33. The van der Waals surface area contributed by atoms with Gasteiger partial charge in [-0.1, -0.05) is 6.07 Å². The quantitative estimate of drug-likeness (QED) is 0.553. The first-order valence-corrected chi connectivity index (χ1v) is 9.80. The van der Waals surface area contributed by atoms with E-state index >= 15 is 0 Å². The Bertz CT molecular complexity index is 943. The van der Waals surface area contributed by atoms with E-state index in [1.807, 2.05) is 6.07 Å². The average molecular weight is 392 g/mol. The van der Waals surface area contributed by atoms with Gasteiger partial charge in [0.25, 0.3) is 5.69 Å². The van der Waals surface area contributed by atoms with Gasteiger partial charge in [0.2, 0.25) is 10.0 Å². The molecule has 0 aliphatic carbocycles. The van der Waals surface area contributed by atoms with Gasteiger partial charge >= 0.3 is 0 Å². The maximum atomic E-state index is 13.1. The third-order valence-electron chi connectivity index (χ3n) is 4.65. The monoisotopic (exact) mass is 392 g/mol. The molecular formula is C18H20N2O6S. The molecule has 2 aromatic carbocycles. The highest BCUT2D eigenvalue weighted by molar-refractivity contribution is 7.89. The van der Waals surface area contributed by atoms with E-state index in [1.165, 1.54) is 35.7 Å². The molecule has 1 saturated heterocycles. The zero-order valence-electron chi connectivity index (χ0n) is 15.0. The second-order valence-electron chi connectivity index (χ2n) is 6.14. The van der Waals surface area contributed by atoms with Crippen molar-refractivity contribution in [3.8, 4) is 11.5 Å². The van der Waals surface area contributed by atoms with Crippen LogP contribution in [0.15, 0.2) is 47.4 Å². The average Bonchev–Trinajstić information content (AvgIpc) is 3.18. The zero-order valence-corrected chi connectivity index (χ0v) is 15.8. The van der Waals surface area contributed by atoms with Crippen LogP contribution in [-0.4, -0.2) is 38.4 Å². The summed E-state index contributed by atoms with van der Waals surface area (Å²) in [5.74, 6) is 1.11. The molecular weight excluding hydrogens is 372 g/mol. The highest BCUT2D eigenvalue weighted by Crippen LogP contribution is 2.39. The predicted molar refractivity (Wildman–Crippen MR) is 98.5 cm³/mol. The summed E-state index contributed by atoms with van der Waals surface area (Å²) in [5.41, 5.74) is 0.669. The SMILES string of the molecule is COc1ccc([C@H]2CCCN2S(=O)(=O)c2ccc([N+](=O)[O-])cc2)cc1OC. The molecule has 1 aliphatic rings. The summed E-state index contributed by atoms with van der Waals surface area (Å²) >= 11 is 0. The van der Waals surface area contributed by atoms with Crippen molar-refractivity contribution in [3.63, 3.8) is 0 Å². The van der Waals surface area contributed by atoms with Crippen LogP contribution in [0.4, 0.5) is 5.69 Å². The summed E-state index contributed by atoms with van der Waals surface area (Å²) in [6.45, 7) is 0.387. The van der Waals surface area contributed by atoms with Gasteiger partial charge in [-0.25, -0.2) is 8.42 Å². The third-order valence-corrected chi connectivity index (χ3v) is 6.57. The molecule has 0 spiro atoms. The number of nitro groups is 1. The molecule has 1 atom stereocenters. The third kappa shape index (κ3) is 3.60. The van der Waals surface area contributed by atoms with Crippen LogP contribution in [0.5, 0.6) is 11.5 Å². The molecule has 1 heterocycles. The number of sulfonamides is 1. The van der Waals surface area contributed by atoms with Crippen molar-refractivity contribution < 1.29 is 22.8 Å². The number of hydrogen-bond donors (Lipinski definition) is 0. The van der Waals surface area contributed by atoms with Crippen LogP contribution in [0.3, 0.4) is 0 Å². The number of nitro benzene ring substituents is 1. The van der Waals surface area contributed by atoms with Crippen LogP contribution in [0.2, 0.25) is 0 Å². The molecule has 27 heavy (non-hydrogen) atoms. The smallest absolute Gasteiger partial charge is 0.269 e. The molecule has 0 N–H and O–H groups in total. The Morgan fingerprint density at radius 3 is 2.33 bits per heavy atom. The van der Waals surface area contributed by atoms with Crippen molar-refractivity contribution in [2.45, 2.75) is 23.8 Å². The molecule has 0 saturated carbocycles. The first-order valence-electron chi connectivity index (χ1n) is 8.36. The predicted octanol–water partition coefficient (Wildman–Crippen LogP) is 3.14. The number of non-ortho nitro benzene ring substituents is 1. The molecule has 3 rings (SSSR count). The first kappa shape index (κ1) is 19.1. The van der Waals surface area contributed by atoms with Crippen molar-refractivity contribution in [3.05, 3.63) is 58.1 Å². The Morgan fingerprint density at radius 1 is 1.07 bits per heavy atom. The van der Waals surface area contributed by atoms with Gasteiger partial charge in [0, 0.05) is 18.7 Å². The lowest BCUT2D eigenvalue weighted by atomic mass is 10.0. The Balaban J connectivity index is 1.94. The highest BCUT2D eigenvalue weighted by atomic mass is 32.2. The lowest BCUT2D eigenvalue weighted by Gasteiger charge is -2.25. The molecule has 9 heteroatoms. The largest absolute Gasteiger partial charge is 0.493 e. The minimum absolute atomic E-state index is 0.0421. The van der Waals surface area contributed by atoms with Crippen LogP contribution in [0.1, 0.15) is 24.4 Å². The molecule has 1 aliphatic heterocycles. The molecule has 0 bridgehead atoms. The first-order chi connectivity index (χ1) is 12.9. The Morgan fingerprint density at radius 2 is 1.74 bits per heavy atom. The van der Waals surface area contributed by atoms with Gasteiger partial charge in [-0.15, -0.1) is 0 Å². The van der Waals surface area contributed by atoms with Gasteiger partial charge < -0.3 is 9.47 Å². The number of benzene rings is 2. The van der Waals surface area contributed by atoms with Crippen molar-refractivity contribution in [1.29, 1.82) is 0 Å². The van der Waals surface area contributed by atoms with E-state index in [0.29, 0.717) is 24.5 Å². The molecule has 0 aromatic heterocycles. The Hall–Kier alpha value is -2.65. The maximum absolute atomic E-state index is 13.1. The standard InChI is InChI=1S/C18H20N2O6S/c1-25-17-10-5-13(12-18(17)26-2)16-4-3-11-19(16)27(23,24)15-8-6-14(7-9-15)20(21)22/h5-10,12,16H,3-4,11H2,1-2H3/t16-/m1/s1. The van der Waals surface area contributed by atoms with E-state index in [9.17, 15) is 18.5 Å². The normalized spacial score (nSPS) is 17.6. The fraction of sp³-hybridized carbons (Fsp3) is 0.333. The van der Waals surface area contributed by atoms with Gasteiger partial charge in [0.1, 0.15) is 0 Å². The van der Waals surface area contributed by atoms with E-state index in [1.54, 1.807) is 19.2 Å². The summed E-state index contributed by atoms with van der Waals surface area (Å²) in [6.07, 6.45) is 1.41. The zero-order chi connectivity index (χ0) is 19.6. The molecule has 144 valence electrons. The van der Waals surface area contributed by atoms with Crippen LogP contribution in [-0.2, 0) is 10.0 Å². The van der Waals surface area contributed by atoms with Crippen LogP contribution in [0, 0.1) is 10.1 Å². The second kappa shape index (κ2) is 7.53. The summed E-state index contributed by atoms with van der Waals surface area (Å²) in [4.78, 5) is 10.3. The molecule has 2 aromatic rings. The van der Waals surface area contributed by atoms with Gasteiger partial charge in [-0.3, -0.25) is 10.1 Å². The Labute approximate surface area is 157 Å². The van der Waals surface area contributed by atoms with Crippen molar-refractivity contribution in [1.82, 2.24) is 4.31 Å². The van der Waals surface area contributed by atoms with Crippen LogP contribution < -0.4 is 9.47 Å². The van der Waals surface area contributed by atoms with E-state index in [4.69, 9.17) is 9.47 Å². The van der Waals surface area contributed by atoms with Crippen molar-refractivity contribution in [2.75, 3.05) is 20.8 Å². The molecule has 0 radical (unpaired) electrons. The summed E-state index contributed by atoms with van der Waals surface area (Å²) in [6, 6.07) is 9.99. The maximum Gasteiger partial charge on any atom is 0.269 e. The van der Waals surface area contributed by atoms with Gasteiger partial charge in [0.15, 0.2) is 11.5 Å². The number of nitrogens with zero attached hydrogens (tertiary/aromatic N) is 2. The highest BCUT2D eigenvalue weighted by Gasteiger charge is 2.36. The van der Waals surface area contributed by atoms with Crippen molar-refractivity contribution in [2.24, 2.45) is 0 Å². The second-order valence-corrected chi connectivity index (χ2v) is 8.03. The number of methoxy groups -OCH3 is 2. The van der Waals surface area contributed by atoms with Crippen LogP contribution in [0.25, 0.3) is 0 Å². The van der Waals surface area contributed by atoms with Gasteiger partial charge in [0.05, 0.1) is 30.1 Å². The lowest BCUT2D eigenvalue weighted by Crippen LogP contribution is -2.30. The summed E-state index contributed by atoms with van der Waals surface area (Å²) < 4.78 is 38.2. The van der Waals surface area contributed by atoms with Crippen molar-refractivity contribution >= 4 is 15.7 Å². The number of ether oxygens (including phenoxy) is 2. The van der Waals surface area contributed by atoms with E-state index in [0.717, 1.165) is 12.0 Å². The lowest BCUT2D eigenvalue weighted by molar-refractivity contribution is -0.384. The van der Waals surface area contributed by atoms with E-state index < -0.39 is 14.9 Å². The van der Waals surface area contributed by atoms with E-state index in [-0.39, 0.29) is 16.6 Å². The van der Waals surface area contributed by atoms with Crippen LogP contribution >= 0.6 is 0 Å². The summed E-state index contributed by atoms with van der Waals surface area (Å²) in [5, 5.41) is 10.8. The molecule has 0 unspecified atom stereocenters. The summed E-state index contributed by atoms with van der Waals surface area (Å²) in [7, 11) is -0.706.